The molecule has 0 aliphatic rings. The van der Waals surface area contributed by atoms with E-state index in [1.165, 1.54) is 31.4 Å². The largest absolute Gasteiger partial charge is 0.494 e. The number of halogens is 1. The molecule has 118 valence electrons. The van der Waals surface area contributed by atoms with Crippen LogP contribution in [0.25, 0.3) is 0 Å². The number of hydrogen-bond acceptors (Lipinski definition) is 5. The van der Waals surface area contributed by atoms with Gasteiger partial charge in [0.05, 0.1) is 12.8 Å². The lowest BCUT2D eigenvalue weighted by Crippen LogP contribution is -2.17. The second-order valence-electron chi connectivity index (χ2n) is 4.97. The molecule has 1 heterocycles. The van der Waals surface area contributed by atoms with E-state index >= 15 is 0 Å². The molecule has 7 heteroatoms. The van der Waals surface area contributed by atoms with Crippen molar-refractivity contribution in [3.8, 4) is 5.75 Å². The first-order valence-electron chi connectivity index (χ1n) is 6.71. The summed E-state index contributed by atoms with van der Waals surface area (Å²) >= 11 is 1.39. The summed E-state index contributed by atoms with van der Waals surface area (Å²) < 4.78 is 18.6. The molecule has 1 aromatic heterocycles. The molecule has 0 spiro atoms. The lowest BCUT2D eigenvalue weighted by atomic mass is 10.2. The normalized spacial score (nSPS) is 10.8. The summed E-state index contributed by atoms with van der Waals surface area (Å²) in [4.78, 5) is 17.3. The Morgan fingerprint density at radius 1 is 1.45 bits per heavy atom. The molecule has 1 aromatic carbocycles. The third-order valence-electron chi connectivity index (χ3n) is 2.94. The number of ether oxygens (including phenoxy) is 1. The maximum absolute atomic E-state index is 13.7. The molecular formula is C15H18FN3O2S. The van der Waals surface area contributed by atoms with Crippen LogP contribution in [-0.2, 0) is 17.9 Å². The minimum absolute atomic E-state index is 0.136. The molecule has 2 aromatic rings. The van der Waals surface area contributed by atoms with Crippen molar-refractivity contribution >= 4 is 22.4 Å². The topological polar surface area (TPSA) is 54.5 Å². The van der Waals surface area contributed by atoms with Crippen molar-refractivity contribution in [1.82, 2.24) is 9.88 Å². The van der Waals surface area contributed by atoms with E-state index in [0.29, 0.717) is 18.2 Å². The van der Waals surface area contributed by atoms with E-state index in [2.05, 4.69) is 10.3 Å². The molecule has 5 nitrogen and oxygen atoms in total. The molecule has 0 radical (unpaired) electrons. The van der Waals surface area contributed by atoms with Gasteiger partial charge in [0.2, 0.25) is 5.91 Å². The fourth-order valence-electron chi connectivity index (χ4n) is 2.04. The number of nitrogens with one attached hydrogen (secondary N) is 1. The first kappa shape index (κ1) is 16.4. The van der Waals surface area contributed by atoms with E-state index in [1.54, 1.807) is 6.07 Å². The van der Waals surface area contributed by atoms with Gasteiger partial charge < -0.3 is 10.1 Å². The Bertz CT molecular complexity index is 660. The van der Waals surface area contributed by atoms with Crippen LogP contribution in [0.3, 0.4) is 0 Å². The van der Waals surface area contributed by atoms with Crippen molar-refractivity contribution in [2.24, 2.45) is 0 Å². The van der Waals surface area contributed by atoms with E-state index in [1.807, 2.05) is 23.4 Å². The number of amides is 1. The first-order valence-corrected chi connectivity index (χ1v) is 7.59. The van der Waals surface area contributed by atoms with Crippen molar-refractivity contribution in [2.45, 2.75) is 20.0 Å². The van der Waals surface area contributed by atoms with Crippen molar-refractivity contribution in [3.05, 3.63) is 40.7 Å². The molecule has 22 heavy (non-hydrogen) atoms. The van der Waals surface area contributed by atoms with Crippen LogP contribution in [0, 0.1) is 5.82 Å². The van der Waals surface area contributed by atoms with Crippen molar-refractivity contribution in [1.29, 1.82) is 0 Å². The van der Waals surface area contributed by atoms with Gasteiger partial charge in [0.1, 0.15) is 0 Å². The summed E-state index contributed by atoms with van der Waals surface area (Å²) in [6.07, 6.45) is 0. The number of anilines is 1. The number of methoxy groups -OCH3 is 1. The molecule has 0 unspecified atom stereocenters. The monoisotopic (exact) mass is 323 g/mol. The van der Waals surface area contributed by atoms with E-state index in [9.17, 15) is 9.18 Å². The highest BCUT2D eigenvalue weighted by molar-refractivity contribution is 7.13. The molecule has 0 saturated carbocycles. The maximum Gasteiger partial charge on any atom is 0.223 e. The lowest BCUT2D eigenvalue weighted by Gasteiger charge is -2.15. The Hall–Kier alpha value is -1.99. The average molecular weight is 323 g/mol. The SMILES string of the molecule is COc1ccc(CN(C)Cc2csc(NC(C)=O)n2)cc1F. The van der Waals surface area contributed by atoms with Gasteiger partial charge in [0.15, 0.2) is 16.7 Å². The van der Waals surface area contributed by atoms with Gasteiger partial charge in [-0.2, -0.15) is 0 Å². The van der Waals surface area contributed by atoms with Crippen LogP contribution in [0.4, 0.5) is 9.52 Å². The number of hydrogen-bond donors (Lipinski definition) is 1. The standard InChI is InChI=1S/C15H18FN3O2S/c1-10(20)17-15-18-12(9-22-15)8-19(2)7-11-4-5-14(21-3)13(16)6-11/h4-6,9H,7-8H2,1-3H3,(H,17,18,20). The van der Waals surface area contributed by atoms with Crippen LogP contribution in [0.1, 0.15) is 18.2 Å². The number of benzene rings is 1. The smallest absolute Gasteiger partial charge is 0.223 e. The molecule has 0 fully saturated rings. The van der Waals surface area contributed by atoms with Gasteiger partial charge in [-0.1, -0.05) is 6.07 Å². The third-order valence-corrected chi connectivity index (χ3v) is 3.74. The van der Waals surface area contributed by atoms with Crippen molar-refractivity contribution in [3.63, 3.8) is 0 Å². The quantitative estimate of drug-likeness (QED) is 0.888. The second-order valence-corrected chi connectivity index (χ2v) is 5.82. The van der Waals surface area contributed by atoms with Crippen LogP contribution in [0.15, 0.2) is 23.6 Å². The zero-order valence-corrected chi connectivity index (χ0v) is 13.5. The number of carbonyl (C=O) groups excluding carboxylic acids is 1. The van der Waals surface area contributed by atoms with Gasteiger partial charge in [0, 0.05) is 25.4 Å². The Labute approximate surface area is 132 Å². The van der Waals surface area contributed by atoms with Gasteiger partial charge in [-0.3, -0.25) is 9.69 Å². The first-order chi connectivity index (χ1) is 10.5. The Morgan fingerprint density at radius 2 is 2.23 bits per heavy atom. The summed E-state index contributed by atoms with van der Waals surface area (Å²) in [7, 11) is 3.37. The second kappa shape index (κ2) is 7.33. The van der Waals surface area contributed by atoms with Crippen LogP contribution in [0.5, 0.6) is 5.75 Å². The molecule has 2 rings (SSSR count). The highest BCUT2D eigenvalue weighted by Crippen LogP contribution is 2.20. The Morgan fingerprint density at radius 3 is 2.86 bits per heavy atom. The molecule has 0 aliphatic heterocycles. The minimum atomic E-state index is -0.366. The van der Waals surface area contributed by atoms with Crippen molar-refractivity contribution < 1.29 is 13.9 Å². The highest BCUT2D eigenvalue weighted by Gasteiger charge is 2.09. The van der Waals surface area contributed by atoms with Crippen LogP contribution in [0.2, 0.25) is 0 Å². The molecular weight excluding hydrogens is 305 g/mol. The summed E-state index contributed by atoms with van der Waals surface area (Å²) in [6.45, 7) is 2.66. The van der Waals surface area contributed by atoms with Gasteiger partial charge in [-0.25, -0.2) is 9.37 Å². The predicted molar refractivity (Wildman–Crippen MR) is 84.5 cm³/mol. The van der Waals surface area contributed by atoms with Crippen LogP contribution in [-0.4, -0.2) is 29.9 Å². The number of nitrogens with zero attached hydrogens (tertiary/aromatic N) is 2. The summed E-state index contributed by atoms with van der Waals surface area (Å²) in [5.74, 6) is -0.260. The Kier molecular flexibility index (Phi) is 5.46. The maximum atomic E-state index is 13.7. The molecule has 1 N–H and O–H groups in total. The summed E-state index contributed by atoms with van der Waals surface area (Å²) in [5, 5.41) is 5.14. The number of thiazole rings is 1. The van der Waals surface area contributed by atoms with Crippen molar-refractivity contribution in [2.75, 3.05) is 19.5 Å². The van der Waals surface area contributed by atoms with Crippen LogP contribution < -0.4 is 10.1 Å². The molecule has 0 saturated heterocycles. The lowest BCUT2D eigenvalue weighted by molar-refractivity contribution is -0.114. The fourth-order valence-corrected chi connectivity index (χ4v) is 2.79. The Balaban J connectivity index is 1.95. The molecule has 0 bridgehead atoms. The van der Waals surface area contributed by atoms with E-state index in [0.717, 1.165) is 11.3 Å². The molecule has 0 aliphatic carbocycles. The molecule has 1 amide bonds. The zero-order chi connectivity index (χ0) is 16.1. The van der Waals surface area contributed by atoms with Gasteiger partial charge >= 0.3 is 0 Å². The fraction of sp³-hybridized carbons (Fsp3) is 0.333. The van der Waals surface area contributed by atoms with E-state index < -0.39 is 0 Å². The summed E-state index contributed by atoms with van der Waals surface area (Å²) in [5.41, 5.74) is 1.73. The third kappa shape index (κ3) is 4.51. The van der Waals surface area contributed by atoms with Crippen LogP contribution >= 0.6 is 11.3 Å². The van der Waals surface area contributed by atoms with Gasteiger partial charge in [0.25, 0.3) is 0 Å². The average Bonchev–Trinajstić information content (AvgIpc) is 2.85. The highest BCUT2D eigenvalue weighted by atomic mass is 32.1. The van der Waals surface area contributed by atoms with E-state index in [4.69, 9.17) is 4.74 Å². The minimum Gasteiger partial charge on any atom is -0.494 e. The predicted octanol–water partition coefficient (Wildman–Crippen LogP) is 2.88. The summed E-state index contributed by atoms with van der Waals surface area (Å²) in [6, 6.07) is 4.93. The zero-order valence-electron chi connectivity index (χ0n) is 12.7. The number of aromatic nitrogens is 1. The number of carbonyl (C=O) groups is 1. The van der Waals surface area contributed by atoms with E-state index in [-0.39, 0.29) is 17.5 Å². The van der Waals surface area contributed by atoms with Gasteiger partial charge in [-0.15, -0.1) is 11.3 Å². The van der Waals surface area contributed by atoms with Gasteiger partial charge in [-0.05, 0) is 24.7 Å². The molecule has 0 atom stereocenters. The number of rotatable bonds is 6.